The minimum absolute atomic E-state index is 0.165. The number of hydrogen-bond acceptors (Lipinski definition) is 6. The Bertz CT molecular complexity index is 905. The summed E-state index contributed by atoms with van der Waals surface area (Å²) in [6.45, 7) is 4.36. The molecule has 25 heavy (non-hydrogen) atoms. The summed E-state index contributed by atoms with van der Waals surface area (Å²) in [5, 5.41) is 12.6. The quantitative estimate of drug-likeness (QED) is 0.685. The first-order valence-electron chi connectivity index (χ1n) is 7.82. The lowest BCUT2D eigenvalue weighted by Gasteiger charge is -2.04. The summed E-state index contributed by atoms with van der Waals surface area (Å²) in [4.78, 5) is 13.1. The van der Waals surface area contributed by atoms with Crippen molar-refractivity contribution in [1.82, 2.24) is 10.2 Å². The van der Waals surface area contributed by atoms with Gasteiger partial charge >= 0.3 is 0 Å². The SMILES string of the molecule is COCc1c(C(=O)Nc2nnc(CC(C)C)s2)sc2cccc(F)c12. The number of aromatic nitrogens is 2. The third-order valence-electron chi connectivity index (χ3n) is 3.53. The third-order valence-corrected chi connectivity index (χ3v) is 5.59. The molecule has 0 spiro atoms. The van der Waals surface area contributed by atoms with Crippen LogP contribution in [0.3, 0.4) is 0 Å². The number of anilines is 1. The highest BCUT2D eigenvalue weighted by molar-refractivity contribution is 7.21. The Morgan fingerprint density at radius 3 is 2.84 bits per heavy atom. The molecule has 3 rings (SSSR count). The maximum Gasteiger partial charge on any atom is 0.267 e. The van der Waals surface area contributed by atoms with Gasteiger partial charge in [-0.1, -0.05) is 31.3 Å². The Labute approximate surface area is 152 Å². The van der Waals surface area contributed by atoms with Gasteiger partial charge in [-0.05, 0) is 18.1 Å². The number of carbonyl (C=O) groups excluding carboxylic acids is 1. The number of carbonyl (C=O) groups is 1. The summed E-state index contributed by atoms with van der Waals surface area (Å²) in [6, 6.07) is 4.82. The van der Waals surface area contributed by atoms with Gasteiger partial charge in [0.15, 0.2) is 0 Å². The molecule has 0 bridgehead atoms. The molecule has 1 N–H and O–H groups in total. The van der Waals surface area contributed by atoms with Crippen molar-refractivity contribution in [3.63, 3.8) is 0 Å². The second-order valence-electron chi connectivity index (χ2n) is 6.01. The molecule has 0 aliphatic carbocycles. The van der Waals surface area contributed by atoms with E-state index in [0.717, 1.165) is 16.1 Å². The van der Waals surface area contributed by atoms with E-state index in [2.05, 4.69) is 29.4 Å². The average Bonchev–Trinajstić information content (AvgIpc) is 3.13. The van der Waals surface area contributed by atoms with Crippen LogP contribution in [0.25, 0.3) is 10.1 Å². The van der Waals surface area contributed by atoms with Crippen LogP contribution in [-0.2, 0) is 17.8 Å². The molecule has 0 radical (unpaired) electrons. The van der Waals surface area contributed by atoms with Gasteiger partial charge in [0.1, 0.15) is 10.8 Å². The predicted octanol–water partition coefficient (Wildman–Crippen LogP) is 4.49. The van der Waals surface area contributed by atoms with Crippen molar-refractivity contribution < 1.29 is 13.9 Å². The molecule has 2 aromatic heterocycles. The maximum atomic E-state index is 14.2. The Kier molecular flexibility index (Phi) is 5.41. The Morgan fingerprint density at radius 2 is 2.12 bits per heavy atom. The molecule has 1 amide bonds. The van der Waals surface area contributed by atoms with Crippen LogP contribution in [0.15, 0.2) is 18.2 Å². The molecule has 0 unspecified atom stereocenters. The number of nitrogens with zero attached hydrogens (tertiary/aromatic N) is 2. The molecule has 0 saturated heterocycles. The van der Waals surface area contributed by atoms with E-state index in [1.807, 2.05) is 0 Å². The van der Waals surface area contributed by atoms with Gasteiger partial charge in [0.2, 0.25) is 5.13 Å². The molecular formula is C17H18FN3O2S2. The number of halogens is 1. The summed E-state index contributed by atoms with van der Waals surface area (Å²) >= 11 is 2.61. The van der Waals surface area contributed by atoms with Gasteiger partial charge in [-0.2, -0.15) is 0 Å². The third kappa shape index (κ3) is 3.86. The van der Waals surface area contributed by atoms with E-state index in [0.29, 0.717) is 26.9 Å². The smallest absolute Gasteiger partial charge is 0.267 e. The Morgan fingerprint density at radius 1 is 1.32 bits per heavy atom. The Balaban J connectivity index is 1.90. The van der Waals surface area contributed by atoms with E-state index in [1.165, 1.54) is 35.8 Å². The highest BCUT2D eigenvalue weighted by Gasteiger charge is 2.21. The minimum atomic E-state index is -0.352. The van der Waals surface area contributed by atoms with Crippen molar-refractivity contribution in [2.24, 2.45) is 5.92 Å². The van der Waals surface area contributed by atoms with Gasteiger partial charge in [-0.25, -0.2) is 4.39 Å². The van der Waals surface area contributed by atoms with Crippen molar-refractivity contribution in [3.05, 3.63) is 39.5 Å². The molecule has 3 aromatic rings. The zero-order valence-electron chi connectivity index (χ0n) is 14.1. The molecule has 132 valence electrons. The Hall–Kier alpha value is -1.90. The standard InChI is InChI=1S/C17H18FN3O2S2/c1-9(2)7-13-20-21-17(25-13)19-16(22)15-10(8-23-3)14-11(18)5-4-6-12(14)24-15/h4-6,9H,7-8H2,1-3H3,(H,19,21,22). The summed E-state index contributed by atoms with van der Waals surface area (Å²) in [5.74, 6) is -0.203. The van der Waals surface area contributed by atoms with Gasteiger partial charge in [-0.3, -0.25) is 10.1 Å². The first-order valence-corrected chi connectivity index (χ1v) is 9.45. The van der Waals surface area contributed by atoms with Crippen LogP contribution in [0, 0.1) is 11.7 Å². The highest BCUT2D eigenvalue weighted by atomic mass is 32.1. The summed E-state index contributed by atoms with van der Waals surface area (Å²) in [7, 11) is 1.52. The molecule has 5 nitrogen and oxygen atoms in total. The average molecular weight is 379 g/mol. The maximum absolute atomic E-state index is 14.2. The van der Waals surface area contributed by atoms with Crippen molar-refractivity contribution in [2.45, 2.75) is 26.9 Å². The lowest BCUT2D eigenvalue weighted by molar-refractivity contribution is 0.102. The van der Waals surface area contributed by atoms with E-state index < -0.39 is 0 Å². The van der Waals surface area contributed by atoms with Crippen molar-refractivity contribution in [2.75, 3.05) is 12.4 Å². The van der Waals surface area contributed by atoms with E-state index in [4.69, 9.17) is 4.74 Å². The number of hydrogen-bond donors (Lipinski definition) is 1. The lowest BCUT2D eigenvalue weighted by atomic mass is 10.1. The van der Waals surface area contributed by atoms with Crippen LogP contribution < -0.4 is 5.32 Å². The molecule has 0 aliphatic heterocycles. The van der Waals surface area contributed by atoms with Crippen LogP contribution >= 0.6 is 22.7 Å². The molecule has 2 heterocycles. The fraction of sp³-hybridized carbons (Fsp3) is 0.353. The second-order valence-corrected chi connectivity index (χ2v) is 8.12. The molecular weight excluding hydrogens is 361 g/mol. The first-order chi connectivity index (χ1) is 12.0. The van der Waals surface area contributed by atoms with Gasteiger partial charge in [0.05, 0.1) is 11.5 Å². The molecule has 1 aromatic carbocycles. The van der Waals surface area contributed by atoms with Crippen molar-refractivity contribution >= 4 is 43.8 Å². The molecule has 8 heteroatoms. The number of amides is 1. The van der Waals surface area contributed by atoms with Crippen molar-refractivity contribution in [3.8, 4) is 0 Å². The van der Waals surface area contributed by atoms with E-state index in [9.17, 15) is 9.18 Å². The van der Waals surface area contributed by atoms with Crippen LogP contribution in [-0.4, -0.2) is 23.2 Å². The number of methoxy groups -OCH3 is 1. The van der Waals surface area contributed by atoms with Crippen molar-refractivity contribution in [1.29, 1.82) is 0 Å². The number of thiophene rings is 1. The lowest BCUT2D eigenvalue weighted by Crippen LogP contribution is -2.12. The number of nitrogens with one attached hydrogen (secondary N) is 1. The van der Waals surface area contributed by atoms with Crippen LogP contribution in [0.1, 0.15) is 34.1 Å². The van der Waals surface area contributed by atoms with Crippen LogP contribution in [0.5, 0.6) is 0 Å². The predicted molar refractivity (Wildman–Crippen MR) is 98.9 cm³/mol. The molecule has 0 aliphatic rings. The number of rotatable bonds is 6. The van der Waals surface area contributed by atoms with Crippen LogP contribution in [0.4, 0.5) is 9.52 Å². The molecule has 0 saturated carbocycles. The highest BCUT2D eigenvalue weighted by Crippen LogP contribution is 2.34. The van der Waals surface area contributed by atoms with Crippen LogP contribution in [0.2, 0.25) is 0 Å². The van der Waals surface area contributed by atoms with Gasteiger partial charge < -0.3 is 4.74 Å². The second kappa shape index (κ2) is 7.55. The topological polar surface area (TPSA) is 64.1 Å². The van der Waals surface area contributed by atoms with Gasteiger partial charge in [0, 0.05) is 29.2 Å². The van der Waals surface area contributed by atoms with E-state index in [-0.39, 0.29) is 18.3 Å². The summed E-state index contributed by atoms with van der Waals surface area (Å²) in [5.41, 5.74) is 0.560. The zero-order chi connectivity index (χ0) is 18.0. The first kappa shape index (κ1) is 17.9. The van der Waals surface area contributed by atoms with Gasteiger partial charge in [-0.15, -0.1) is 21.5 Å². The summed E-state index contributed by atoms with van der Waals surface area (Å²) in [6.07, 6.45) is 0.816. The summed E-state index contributed by atoms with van der Waals surface area (Å²) < 4.78 is 20.1. The zero-order valence-corrected chi connectivity index (χ0v) is 15.8. The normalized spacial score (nSPS) is 11.4. The fourth-order valence-corrected chi connectivity index (χ4v) is 4.59. The number of fused-ring (bicyclic) bond motifs is 1. The number of ether oxygens (including phenoxy) is 1. The van der Waals surface area contributed by atoms with Gasteiger partial charge in [0.25, 0.3) is 5.91 Å². The molecule has 0 atom stereocenters. The van der Waals surface area contributed by atoms with E-state index in [1.54, 1.807) is 12.1 Å². The number of benzene rings is 1. The molecule has 0 fully saturated rings. The fourth-order valence-electron chi connectivity index (χ4n) is 2.52. The largest absolute Gasteiger partial charge is 0.380 e. The monoisotopic (exact) mass is 379 g/mol. The minimum Gasteiger partial charge on any atom is -0.380 e. The van der Waals surface area contributed by atoms with E-state index >= 15 is 0 Å².